The van der Waals surface area contributed by atoms with Gasteiger partial charge in [0.15, 0.2) is 0 Å². The molecule has 0 fully saturated rings. The summed E-state index contributed by atoms with van der Waals surface area (Å²) in [6.07, 6.45) is 0. The minimum Gasteiger partial charge on any atom is -0.258 e. The van der Waals surface area contributed by atoms with Crippen LogP contribution in [0.2, 0.25) is 0 Å². The van der Waals surface area contributed by atoms with Crippen LogP contribution in [0.1, 0.15) is 29.2 Å². The van der Waals surface area contributed by atoms with E-state index in [9.17, 15) is 10.1 Å². The molecule has 0 aromatic heterocycles. The Bertz CT molecular complexity index is 7450. The number of rotatable bonds is 2. The summed E-state index contributed by atoms with van der Waals surface area (Å²) in [6.45, 7) is 2.42. The van der Waals surface area contributed by atoms with Crippen molar-refractivity contribution in [3.8, 4) is 0 Å². The van der Waals surface area contributed by atoms with Crippen LogP contribution >= 0.6 is 0 Å². The molecule has 5 heteroatoms. The average Bonchev–Trinajstić information content (AvgIpc) is 4.17. The summed E-state index contributed by atoms with van der Waals surface area (Å²) >= 11 is 0. The van der Waals surface area contributed by atoms with Crippen molar-refractivity contribution in [3.63, 3.8) is 0 Å². The third-order valence-electron chi connectivity index (χ3n) is 25.7. The molecule has 34 rings (SSSR count). The highest BCUT2D eigenvalue weighted by Crippen LogP contribution is 2.85. The van der Waals surface area contributed by atoms with E-state index in [-0.39, 0.29) is 10.6 Å². The molecule has 0 atom stereocenters. The summed E-state index contributed by atoms with van der Waals surface area (Å²) in [5.41, 5.74) is 6.94. The molecule has 2 spiro atoms. The fraction of sp³-hybridized carbons (Fsp3) is 0.0441. The molecule has 1 heterocycles. The standard InChI is InChI=1S/C68H7N3O2/c1-6-67-63-55-47-37-27-19-11-9-10-13-17-15(11)23-31-25(17)35-29-21(13)22-14(10)18-16-12(9)20(19)28-34-24(16)32-26(18)36-30(22)40-39(29)51-45(35)53-43(31)49(41(47)33(23)27)57(63)59(53)65-61(51)62-52(40)46(36)54-44(32)50-42(34)48(38(28)37)56(55)64(67)58(50)60(54)66(62)68(65,67)70(69-6)7-2-4-8(5-3-7)71(72)73/h2-5H,1H3. The first-order valence-corrected chi connectivity index (χ1v) is 26.5. The van der Waals surface area contributed by atoms with E-state index in [0.717, 1.165) is 5.69 Å². The summed E-state index contributed by atoms with van der Waals surface area (Å²) in [7, 11) is 0. The fourth-order valence-electron chi connectivity index (χ4n) is 25.5. The third kappa shape index (κ3) is 1.45. The predicted octanol–water partition coefficient (Wildman–Crippen LogP) is 18.1. The predicted molar refractivity (Wildman–Crippen MR) is 303 cm³/mol. The molecule has 73 heavy (non-hydrogen) atoms. The second-order valence-corrected chi connectivity index (χ2v) is 26.0. The maximum absolute atomic E-state index is 12.5. The molecule has 0 saturated heterocycles. The molecule has 5 nitrogen and oxygen atoms in total. The van der Waals surface area contributed by atoms with Gasteiger partial charge in [0.05, 0.1) is 21.7 Å². The summed E-state index contributed by atoms with van der Waals surface area (Å²) in [4.78, 5) is 12.2. The van der Waals surface area contributed by atoms with E-state index in [1.807, 2.05) is 12.1 Å². The van der Waals surface area contributed by atoms with Crippen molar-refractivity contribution in [2.75, 3.05) is 5.01 Å². The Morgan fingerprint density at radius 1 is 0.315 bits per heavy atom. The summed E-state index contributed by atoms with van der Waals surface area (Å²) in [5, 5.41) is 106. The molecule has 4 aliphatic carbocycles. The zero-order chi connectivity index (χ0) is 43.9. The maximum atomic E-state index is 12.5. The molecule has 0 amide bonds. The molecule has 5 aliphatic rings. The highest BCUT2D eigenvalue weighted by Gasteiger charge is 2.76. The van der Waals surface area contributed by atoms with Gasteiger partial charge in [-0.15, -0.1) is 0 Å². The van der Waals surface area contributed by atoms with Gasteiger partial charge in [0, 0.05) is 23.3 Å². The highest BCUT2D eigenvalue weighted by atomic mass is 16.6. The largest absolute Gasteiger partial charge is 0.269 e. The second-order valence-electron chi connectivity index (χ2n) is 26.0. The number of hydrogen-bond donors (Lipinski definition) is 0. The van der Waals surface area contributed by atoms with Crippen LogP contribution in [0.15, 0.2) is 29.4 Å². The molecular weight excluding hydrogens is 891 g/mol. The van der Waals surface area contributed by atoms with Crippen molar-refractivity contribution in [2.45, 2.75) is 17.9 Å². The Kier molecular flexibility index (Phi) is 2.29. The van der Waals surface area contributed by atoms with Crippen molar-refractivity contribution in [1.29, 1.82) is 0 Å². The first-order chi connectivity index (χ1) is 36.2. The zero-order valence-corrected chi connectivity index (χ0v) is 37.0. The zero-order valence-electron chi connectivity index (χ0n) is 37.0. The van der Waals surface area contributed by atoms with Crippen LogP contribution in [0, 0.1) is 10.1 Å². The van der Waals surface area contributed by atoms with Gasteiger partial charge in [0.25, 0.3) is 5.69 Å². The number of nitro benzene ring substituents is 1. The number of hydrogen-bond acceptors (Lipinski definition) is 4. The molecule has 0 unspecified atom stereocenters. The molecule has 0 N–H and O–H groups in total. The lowest BCUT2D eigenvalue weighted by atomic mass is 9.51. The smallest absolute Gasteiger partial charge is 0.258 e. The Hall–Kier alpha value is -9.45. The second kappa shape index (κ2) is 6.13. The molecule has 0 radical (unpaired) electrons. The van der Waals surface area contributed by atoms with Crippen LogP contribution in [0.4, 0.5) is 11.4 Å². The van der Waals surface area contributed by atoms with Gasteiger partial charge in [-0.25, -0.2) is 5.01 Å². The van der Waals surface area contributed by atoms with Gasteiger partial charge in [-0.1, -0.05) is 0 Å². The number of non-ortho nitro benzene ring substituents is 1. The van der Waals surface area contributed by atoms with Crippen LogP contribution in [0.3, 0.4) is 0 Å². The van der Waals surface area contributed by atoms with E-state index in [2.05, 4.69) is 11.9 Å². The summed E-state index contributed by atoms with van der Waals surface area (Å²) in [5.74, 6) is 0. The molecule has 0 saturated carbocycles. The Morgan fingerprint density at radius 2 is 0.507 bits per heavy atom. The van der Waals surface area contributed by atoms with E-state index in [4.69, 9.17) is 5.10 Å². The SMILES string of the molecule is CC1=NN(c2ccc([N+](=O)[O-])cc2)C23c4c5c6c7c8c9c(c%10c%11c2c2c4c4c%12c5c5c6c6c8c8c%13c9c9c%10c%10c%11c%11c2c2c4c4c%12c%12c5c5c6c8c6c8c%13c9c9c%10c%10c%11c2c2c4c4c%12c5c6c5c8c9c%10c2c45)C173. The normalized spacial score (nSPS) is 22.0. The van der Waals surface area contributed by atoms with Crippen molar-refractivity contribution >= 4 is 308 Å². The fourth-order valence-corrected chi connectivity index (χ4v) is 25.5. The van der Waals surface area contributed by atoms with Gasteiger partial charge in [-0.3, -0.25) is 10.1 Å². The monoisotopic (exact) mass is 897 g/mol. The van der Waals surface area contributed by atoms with Crippen molar-refractivity contribution in [3.05, 3.63) is 56.6 Å². The van der Waals surface area contributed by atoms with Gasteiger partial charge in [-0.05, 0) is 321 Å². The van der Waals surface area contributed by atoms with Crippen molar-refractivity contribution in [2.24, 2.45) is 5.10 Å². The number of anilines is 1. The van der Waals surface area contributed by atoms with Crippen LogP contribution < -0.4 is 5.01 Å². The van der Waals surface area contributed by atoms with E-state index in [1.165, 1.54) is 59.9 Å². The summed E-state index contributed by atoms with van der Waals surface area (Å²) < 4.78 is 0. The van der Waals surface area contributed by atoms with Crippen molar-refractivity contribution < 1.29 is 4.92 Å². The number of nitro groups is 1. The molecule has 1 aliphatic heterocycles. The lowest BCUT2D eigenvalue weighted by Crippen LogP contribution is -2.58. The van der Waals surface area contributed by atoms with Gasteiger partial charge in [0.1, 0.15) is 5.54 Å². The number of benzene rings is 19. The van der Waals surface area contributed by atoms with E-state index >= 15 is 0 Å². The Balaban J connectivity index is 1.14. The van der Waals surface area contributed by atoms with Crippen molar-refractivity contribution in [1.82, 2.24) is 0 Å². The quantitative estimate of drug-likeness (QED) is 0.0987. The van der Waals surface area contributed by atoms with Crippen LogP contribution in [-0.4, -0.2) is 10.6 Å². The summed E-state index contributed by atoms with van der Waals surface area (Å²) in [6, 6.07) is 7.57. The first-order valence-electron chi connectivity index (χ1n) is 26.5. The van der Waals surface area contributed by atoms with E-state index in [1.54, 1.807) is 271 Å². The van der Waals surface area contributed by atoms with E-state index in [0.29, 0.717) is 0 Å². The maximum Gasteiger partial charge on any atom is 0.269 e. The number of hydrazone groups is 1. The molecule has 29 aromatic rings. The van der Waals surface area contributed by atoms with Crippen LogP contribution in [0.25, 0.3) is 291 Å². The molecular formula is C68H7N3O2. The topological polar surface area (TPSA) is 58.7 Å². The first kappa shape index (κ1) is 27.2. The van der Waals surface area contributed by atoms with Crippen LogP contribution in [0.5, 0.6) is 0 Å². The average molecular weight is 898 g/mol. The lowest BCUT2D eigenvalue weighted by Gasteiger charge is -2.52. The lowest BCUT2D eigenvalue weighted by molar-refractivity contribution is -0.384. The highest BCUT2D eigenvalue weighted by molar-refractivity contribution is 6.82. The Morgan fingerprint density at radius 3 is 0.712 bits per heavy atom. The molecule has 29 aromatic carbocycles. The van der Waals surface area contributed by atoms with E-state index < -0.39 is 11.0 Å². The number of nitrogens with zero attached hydrogens (tertiary/aromatic N) is 3. The van der Waals surface area contributed by atoms with Gasteiger partial charge in [-0.2, -0.15) is 5.10 Å². The third-order valence-corrected chi connectivity index (χ3v) is 25.7. The van der Waals surface area contributed by atoms with Crippen LogP contribution in [-0.2, 0) is 11.0 Å². The minimum absolute atomic E-state index is 0.122. The van der Waals surface area contributed by atoms with Gasteiger partial charge >= 0.3 is 0 Å². The Labute approximate surface area is 395 Å². The molecule has 0 bridgehead atoms. The van der Waals surface area contributed by atoms with Gasteiger partial charge < -0.3 is 0 Å². The molecule has 306 valence electrons. The van der Waals surface area contributed by atoms with Gasteiger partial charge in [0.2, 0.25) is 0 Å². The minimum atomic E-state index is -0.765.